The Hall–Kier alpha value is -1.98. The molecular formula is C16H17NO. The first-order valence-electron chi connectivity index (χ1n) is 6.05. The van der Waals surface area contributed by atoms with Gasteiger partial charge in [-0.2, -0.15) is 0 Å². The second kappa shape index (κ2) is 6.09. The Kier molecular flexibility index (Phi) is 4.22. The summed E-state index contributed by atoms with van der Waals surface area (Å²) in [6.45, 7) is 0.928. The van der Waals surface area contributed by atoms with Gasteiger partial charge in [-0.25, -0.2) is 0 Å². The molecule has 0 saturated carbocycles. The summed E-state index contributed by atoms with van der Waals surface area (Å²) in [5.74, 6) is 7.22. The fourth-order valence-corrected chi connectivity index (χ4v) is 1.78. The summed E-state index contributed by atoms with van der Waals surface area (Å²) in [4.78, 5) is 0. The normalized spacial score (nSPS) is 9.89. The van der Waals surface area contributed by atoms with Crippen molar-refractivity contribution in [2.24, 2.45) is 0 Å². The Bertz CT molecular complexity index is 593. The molecule has 0 bridgehead atoms. The van der Waals surface area contributed by atoms with Gasteiger partial charge in [0.2, 0.25) is 0 Å². The molecule has 0 fully saturated rings. The van der Waals surface area contributed by atoms with E-state index in [-0.39, 0.29) is 0 Å². The first kappa shape index (κ1) is 12.5. The van der Waals surface area contributed by atoms with Gasteiger partial charge in [0, 0.05) is 18.5 Å². The van der Waals surface area contributed by atoms with E-state index in [0.29, 0.717) is 0 Å². The van der Waals surface area contributed by atoms with Crippen molar-refractivity contribution in [2.75, 3.05) is 20.7 Å². The molecule has 18 heavy (non-hydrogen) atoms. The van der Waals surface area contributed by atoms with Gasteiger partial charge in [-0.05, 0) is 42.1 Å². The Balaban J connectivity index is 2.24. The van der Waals surface area contributed by atoms with Crippen molar-refractivity contribution in [1.29, 1.82) is 0 Å². The first-order chi connectivity index (χ1) is 8.83. The molecule has 0 amide bonds. The SMILES string of the molecule is CNCCC#Cc1ccc2cc(OC)ccc2c1. The Morgan fingerprint density at radius 1 is 1.11 bits per heavy atom. The number of benzene rings is 2. The van der Waals surface area contributed by atoms with Crippen molar-refractivity contribution < 1.29 is 4.74 Å². The molecule has 0 saturated heterocycles. The molecule has 0 aliphatic carbocycles. The second-order valence-electron chi connectivity index (χ2n) is 4.08. The number of methoxy groups -OCH3 is 1. The van der Waals surface area contributed by atoms with Crippen molar-refractivity contribution in [3.8, 4) is 17.6 Å². The molecule has 0 radical (unpaired) electrons. The number of fused-ring (bicyclic) bond motifs is 1. The van der Waals surface area contributed by atoms with Crippen LogP contribution < -0.4 is 10.1 Å². The topological polar surface area (TPSA) is 21.3 Å². The molecule has 1 N–H and O–H groups in total. The summed E-state index contributed by atoms with van der Waals surface area (Å²) in [6, 6.07) is 12.3. The largest absolute Gasteiger partial charge is 0.497 e. The molecule has 0 aliphatic heterocycles. The molecule has 2 nitrogen and oxygen atoms in total. The molecule has 2 rings (SSSR count). The fraction of sp³-hybridized carbons (Fsp3) is 0.250. The van der Waals surface area contributed by atoms with Gasteiger partial charge in [-0.3, -0.25) is 0 Å². The third-order valence-corrected chi connectivity index (χ3v) is 2.78. The molecular weight excluding hydrogens is 222 g/mol. The zero-order chi connectivity index (χ0) is 12.8. The van der Waals surface area contributed by atoms with Gasteiger partial charge in [0.15, 0.2) is 0 Å². The lowest BCUT2D eigenvalue weighted by Crippen LogP contribution is -2.05. The molecule has 0 atom stereocenters. The highest BCUT2D eigenvalue weighted by Gasteiger charge is 1.97. The average Bonchev–Trinajstić information content (AvgIpc) is 2.43. The van der Waals surface area contributed by atoms with Gasteiger partial charge < -0.3 is 10.1 Å². The van der Waals surface area contributed by atoms with Crippen molar-refractivity contribution in [3.63, 3.8) is 0 Å². The monoisotopic (exact) mass is 239 g/mol. The highest BCUT2D eigenvalue weighted by atomic mass is 16.5. The van der Waals surface area contributed by atoms with Crippen molar-refractivity contribution in [1.82, 2.24) is 5.32 Å². The minimum absolute atomic E-state index is 0.872. The van der Waals surface area contributed by atoms with Gasteiger partial charge in [0.05, 0.1) is 7.11 Å². The summed E-state index contributed by atoms with van der Waals surface area (Å²) < 4.78 is 5.21. The molecule has 0 aromatic heterocycles. The quantitative estimate of drug-likeness (QED) is 0.657. The third-order valence-electron chi connectivity index (χ3n) is 2.78. The van der Waals surface area contributed by atoms with E-state index in [2.05, 4.69) is 35.4 Å². The summed E-state index contributed by atoms with van der Waals surface area (Å²) in [6.07, 6.45) is 0.872. The van der Waals surface area contributed by atoms with Crippen LogP contribution in [0.25, 0.3) is 10.8 Å². The smallest absolute Gasteiger partial charge is 0.119 e. The van der Waals surface area contributed by atoms with Crippen molar-refractivity contribution in [2.45, 2.75) is 6.42 Å². The molecule has 2 aromatic carbocycles. The van der Waals surface area contributed by atoms with Gasteiger partial charge >= 0.3 is 0 Å². The Morgan fingerprint density at radius 3 is 2.67 bits per heavy atom. The van der Waals surface area contributed by atoms with Gasteiger partial charge in [-0.1, -0.05) is 24.0 Å². The van der Waals surface area contributed by atoms with E-state index in [1.165, 1.54) is 10.8 Å². The second-order valence-corrected chi connectivity index (χ2v) is 4.08. The van der Waals surface area contributed by atoms with Crippen molar-refractivity contribution >= 4 is 10.8 Å². The van der Waals surface area contributed by atoms with Crippen LogP contribution >= 0.6 is 0 Å². The van der Waals surface area contributed by atoms with E-state index in [1.807, 2.05) is 25.2 Å². The molecule has 0 heterocycles. The zero-order valence-electron chi connectivity index (χ0n) is 10.8. The highest BCUT2D eigenvalue weighted by Crippen LogP contribution is 2.21. The van der Waals surface area contributed by atoms with E-state index in [9.17, 15) is 0 Å². The molecule has 2 heteroatoms. The number of hydrogen-bond acceptors (Lipinski definition) is 2. The predicted octanol–water partition coefficient (Wildman–Crippen LogP) is 2.81. The Labute approximate surface area is 108 Å². The maximum Gasteiger partial charge on any atom is 0.119 e. The fourth-order valence-electron chi connectivity index (χ4n) is 1.78. The minimum Gasteiger partial charge on any atom is -0.497 e. The molecule has 2 aromatic rings. The summed E-state index contributed by atoms with van der Waals surface area (Å²) in [5.41, 5.74) is 1.06. The van der Waals surface area contributed by atoms with Crippen LogP contribution in [0.4, 0.5) is 0 Å². The van der Waals surface area contributed by atoms with Gasteiger partial charge in [0.1, 0.15) is 5.75 Å². The first-order valence-corrected chi connectivity index (χ1v) is 6.05. The lowest BCUT2D eigenvalue weighted by Gasteiger charge is -2.02. The van der Waals surface area contributed by atoms with E-state index in [4.69, 9.17) is 4.74 Å². The van der Waals surface area contributed by atoms with E-state index in [0.717, 1.165) is 24.3 Å². The van der Waals surface area contributed by atoms with Crippen LogP contribution in [0.1, 0.15) is 12.0 Å². The van der Waals surface area contributed by atoms with Crippen LogP contribution in [0.3, 0.4) is 0 Å². The third kappa shape index (κ3) is 3.03. The molecule has 0 unspecified atom stereocenters. The van der Waals surface area contributed by atoms with E-state index < -0.39 is 0 Å². The summed E-state index contributed by atoms with van der Waals surface area (Å²) in [7, 11) is 3.62. The number of ether oxygens (including phenoxy) is 1. The highest BCUT2D eigenvalue weighted by molar-refractivity contribution is 5.85. The maximum atomic E-state index is 5.21. The van der Waals surface area contributed by atoms with Crippen LogP contribution in [-0.4, -0.2) is 20.7 Å². The molecule has 92 valence electrons. The van der Waals surface area contributed by atoms with Gasteiger partial charge in [0.25, 0.3) is 0 Å². The lowest BCUT2D eigenvalue weighted by atomic mass is 10.1. The number of nitrogens with one attached hydrogen (secondary N) is 1. The minimum atomic E-state index is 0.872. The standard InChI is InChI=1S/C16H17NO/c1-17-10-4-3-5-13-6-7-15-12-16(18-2)9-8-14(15)11-13/h6-9,11-12,17H,4,10H2,1-2H3. The maximum absolute atomic E-state index is 5.21. The number of hydrogen-bond donors (Lipinski definition) is 1. The zero-order valence-corrected chi connectivity index (χ0v) is 10.8. The van der Waals surface area contributed by atoms with Crippen LogP contribution in [-0.2, 0) is 0 Å². The van der Waals surface area contributed by atoms with Crippen LogP contribution in [0.2, 0.25) is 0 Å². The van der Waals surface area contributed by atoms with E-state index in [1.54, 1.807) is 7.11 Å². The molecule has 0 aliphatic rings. The van der Waals surface area contributed by atoms with Gasteiger partial charge in [-0.15, -0.1) is 0 Å². The summed E-state index contributed by atoms with van der Waals surface area (Å²) >= 11 is 0. The average molecular weight is 239 g/mol. The van der Waals surface area contributed by atoms with Crippen LogP contribution in [0, 0.1) is 11.8 Å². The van der Waals surface area contributed by atoms with Crippen molar-refractivity contribution in [3.05, 3.63) is 42.0 Å². The Morgan fingerprint density at radius 2 is 1.89 bits per heavy atom. The summed E-state index contributed by atoms with van der Waals surface area (Å²) in [5, 5.41) is 5.45. The van der Waals surface area contributed by atoms with Crippen LogP contribution in [0.15, 0.2) is 36.4 Å². The molecule has 0 spiro atoms. The number of rotatable bonds is 3. The predicted molar refractivity (Wildman–Crippen MR) is 75.9 cm³/mol. The van der Waals surface area contributed by atoms with E-state index >= 15 is 0 Å². The van der Waals surface area contributed by atoms with Crippen LogP contribution in [0.5, 0.6) is 5.75 Å². The lowest BCUT2D eigenvalue weighted by molar-refractivity contribution is 0.415.